The van der Waals surface area contributed by atoms with Crippen LogP contribution in [0, 0.1) is 5.82 Å². The molecule has 0 N–H and O–H groups in total. The molecule has 3 rings (SSSR count). The monoisotopic (exact) mass is 311 g/mol. The molecule has 0 unspecified atom stereocenters. The molecule has 3 aromatic rings. The van der Waals surface area contributed by atoms with E-state index in [0.717, 1.165) is 27.6 Å². The van der Waals surface area contributed by atoms with Gasteiger partial charge in [-0.3, -0.25) is 0 Å². The van der Waals surface area contributed by atoms with Crippen LogP contribution < -0.4 is 4.74 Å². The summed E-state index contributed by atoms with van der Waals surface area (Å²) >= 11 is 1.56. The van der Waals surface area contributed by atoms with Crippen molar-refractivity contribution in [3.05, 3.63) is 70.3 Å². The Hall–Kier alpha value is -2.46. The third kappa shape index (κ3) is 3.40. The molecule has 0 saturated heterocycles. The summed E-state index contributed by atoms with van der Waals surface area (Å²) in [4.78, 5) is 4.54. The normalized spacial score (nSPS) is 11.0. The maximum Gasteiger partial charge on any atom is 0.123 e. The largest absolute Gasteiger partial charge is 0.497 e. The second kappa shape index (κ2) is 6.54. The smallest absolute Gasteiger partial charge is 0.123 e. The van der Waals surface area contributed by atoms with Crippen molar-refractivity contribution in [1.82, 2.24) is 4.98 Å². The molecule has 0 amide bonds. The zero-order valence-electron chi connectivity index (χ0n) is 12.0. The van der Waals surface area contributed by atoms with Crippen molar-refractivity contribution in [3.63, 3.8) is 0 Å². The van der Waals surface area contributed by atoms with Crippen LogP contribution in [-0.2, 0) is 0 Å². The summed E-state index contributed by atoms with van der Waals surface area (Å²) in [6, 6.07) is 14.2. The second-order valence-corrected chi connectivity index (χ2v) is 5.57. The molecule has 4 heteroatoms. The van der Waals surface area contributed by atoms with Gasteiger partial charge in [0.05, 0.1) is 12.8 Å². The lowest BCUT2D eigenvalue weighted by molar-refractivity contribution is 0.415. The molecule has 0 radical (unpaired) electrons. The number of rotatable bonds is 4. The Bertz CT molecular complexity index is 776. The molecule has 0 fully saturated rings. The lowest BCUT2D eigenvalue weighted by atomic mass is 10.2. The zero-order valence-corrected chi connectivity index (χ0v) is 12.8. The fourth-order valence-electron chi connectivity index (χ4n) is 2.00. The first-order chi connectivity index (χ1) is 10.7. The average Bonchev–Trinajstić information content (AvgIpc) is 3.03. The van der Waals surface area contributed by atoms with Crippen LogP contribution in [0.25, 0.3) is 23.4 Å². The van der Waals surface area contributed by atoms with Gasteiger partial charge in [-0.1, -0.05) is 18.2 Å². The van der Waals surface area contributed by atoms with Crippen LogP contribution in [0.4, 0.5) is 4.39 Å². The second-order valence-electron chi connectivity index (χ2n) is 4.68. The van der Waals surface area contributed by atoms with E-state index in [2.05, 4.69) is 4.98 Å². The van der Waals surface area contributed by atoms with E-state index in [9.17, 15) is 4.39 Å². The average molecular weight is 311 g/mol. The Morgan fingerprint density at radius 3 is 2.41 bits per heavy atom. The number of halogens is 1. The van der Waals surface area contributed by atoms with Crippen LogP contribution in [0.5, 0.6) is 5.75 Å². The predicted molar refractivity (Wildman–Crippen MR) is 89.4 cm³/mol. The number of hydrogen-bond acceptors (Lipinski definition) is 3. The van der Waals surface area contributed by atoms with Gasteiger partial charge < -0.3 is 4.74 Å². The Kier molecular flexibility index (Phi) is 4.30. The van der Waals surface area contributed by atoms with E-state index >= 15 is 0 Å². The molecule has 0 atom stereocenters. The molecule has 2 aromatic carbocycles. The number of thiazole rings is 1. The van der Waals surface area contributed by atoms with Crippen molar-refractivity contribution in [3.8, 4) is 17.0 Å². The summed E-state index contributed by atoms with van der Waals surface area (Å²) in [5.74, 6) is 0.601. The van der Waals surface area contributed by atoms with E-state index in [1.165, 1.54) is 12.1 Å². The Balaban J connectivity index is 1.75. The summed E-state index contributed by atoms with van der Waals surface area (Å²) in [7, 11) is 1.65. The van der Waals surface area contributed by atoms with E-state index in [1.807, 2.05) is 41.8 Å². The fourth-order valence-corrected chi connectivity index (χ4v) is 2.72. The maximum absolute atomic E-state index is 12.9. The molecule has 0 aliphatic heterocycles. The first kappa shape index (κ1) is 14.5. The Morgan fingerprint density at radius 2 is 1.73 bits per heavy atom. The van der Waals surface area contributed by atoms with E-state index in [0.29, 0.717) is 0 Å². The number of ether oxygens (including phenoxy) is 1. The molecule has 1 heterocycles. The summed E-state index contributed by atoms with van der Waals surface area (Å²) in [5.41, 5.74) is 2.86. The number of hydrogen-bond donors (Lipinski definition) is 0. The molecular weight excluding hydrogens is 297 g/mol. The van der Waals surface area contributed by atoms with Crippen LogP contribution in [0.1, 0.15) is 10.6 Å². The highest BCUT2D eigenvalue weighted by molar-refractivity contribution is 7.10. The van der Waals surface area contributed by atoms with Crippen molar-refractivity contribution < 1.29 is 9.13 Å². The standard InChI is InChI=1S/C18H14FNOS/c1-21-16-9-2-13(3-10-16)4-11-18-20-17(12-22-18)14-5-7-15(19)8-6-14/h2-12H,1H3/b11-4+. The molecule has 2 nitrogen and oxygen atoms in total. The van der Waals surface area contributed by atoms with Crippen molar-refractivity contribution in [2.24, 2.45) is 0 Å². The Labute approximate surface area is 132 Å². The van der Waals surface area contributed by atoms with Crippen molar-refractivity contribution in [2.75, 3.05) is 7.11 Å². The van der Waals surface area contributed by atoms with Gasteiger partial charge in [-0.2, -0.15) is 0 Å². The predicted octanol–water partition coefficient (Wildman–Crippen LogP) is 5.13. The minimum atomic E-state index is -0.237. The van der Waals surface area contributed by atoms with Crippen LogP contribution in [0.2, 0.25) is 0 Å². The van der Waals surface area contributed by atoms with Crippen molar-refractivity contribution in [2.45, 2.75) is 0 Å². The van der Waals surface area contributed by atoms with E-state index < -0.39 is 0 Å². The topological polar surface area (TPSA) is 22.1 Å². The first-order valence-corrected chi connectivity index (χ1v) is 7.66. The number of benzene rings is 2. The molecular formula is C18H14FNOS. The quantitative estimate of drug-likeness (QED) is 0.666. The summed E-state index contributed by atoms with van der Waals surface area (Å²) in [5, 5.41) is 2.89. The molecule has 22 heavy (non-hydrogen) atoms. The fraction of sp³-hybridized carbons (Fsp3) is 0.0556. The molecule has 0 saturated carbocycles. The molecule has 0 aliphatic carbocycles. The number of aromatic nitrogens is 1. The van der Waals surface area contributed by atoms with Gasteiger partial charge in [0.25, 0.3) is 0 Å². The molecule has 0 bridgehead atoms. The molecule has 1 aromatic heterocycles. The SMILES string of the molecule is COc1ccc(/C=C/c2nc(-c3ccc(F)cc3)cs2)cc1. The highest BCUT2D eigenvalue weighted by atomic mass is 32.1. The lowest BCUT2D eigenvalue weighted by Gasteiger charge is -1.98. The molecule has 0 aliphatic rings. The van der Waals surface area contributed by atoms with E-state index in [4.69, 9.17) is 4.74 Å². The van der Waals surface area contributed by atoms with Gasteiger partial charge in [0.1, 0.15) is 16.6 Å². The van der Waals surface area contributed by atoms with Crippen LogP contribution in [-0.4, -0.2) is 12.1 Å². The Morgan fingerprint density at radius 1 is 1.00 bits per heavy atom. The molecule has 0 spiro atoms. The zero-order chi connectivity index (χ0) is 15.4. The van der Waals surface area contributed by atoms with Crippen LogP contribution >= 0.6 is 11.3 Å². The van der Waals surface area contributed by atoms with E-state index in [1.54, 1.807) is 30.6 Å². The number of nitrogens with zero attached hydrogens (tertiary/aromatic N) is 1. The molecule has 110 valence electrons. The first-order valence-electron chi connectivity index (χ1n) is 6.78. The summed E-state index contributed by atoms with van der Waals surface area (Å²) < 4.78 is 18.1. The lowest BCUT2D eigenvalue weighted by Crippen LogP contribution is -1.81. The van der Waals surface area contributed by atoms with Gasteiger partial charge in [0.2, 0.25) is 0 Å². The van der Waals surface area contributed by atoms with Crippen LogP contribution in [0.15, 0.2) is 53.9 Å². The summed E-state index contributed by atoms with van der Waals surface area (Å²) in [6.45, 7) is 0. The van der Waals surface area contributed by atoms with Gasteiger partial charge in [-0.05, 0) is 48.0 Å². The highest BCUT2D eigenvalue weighted by Gasteiger charge is 2.02. The van der Waals surface area contributed by atoms with Gasteiger partial charge >= 0.3 is 0 Å². The minimum Gasteiger partial charge on any atom is -0.497 e. The third-order valence-electron chi connectivity index (χ3n) is 3.20. The van der Waals surface area contributed by atoms with E-state index in [-0.39, 0.29) is 5.82 Å². The van der Waals surface area contributed by atoms with Crippen molar-refractivity contribution >= 4 is 23.5 Å². The maximum atomic E-state index is 12.9. The minimum absolute atomic E-state index is 0.237. The number of methoxy groups -OCH3 is 1. The summed E-state index contributed by atoms with van der Waals surface area (Å²) in [6.07, 6.45) is 3.98. The van der Waals surface area contributed by atoms with Crippen LogP contribution in [0.3, 0.4) is 0 Å². The van der Waals surface area contributed by atoms with Crippen molar-refractivity contribution in [1.29, 1.82) is 0 Å². The van der Waals surface area contributed by atoms with Gasteiger partial charge in [-0.15, -0.1) is 11.3 Å². The van der Waals surface area contributed by atoms with Gasteiger partial charge in [0.15, 0.2) is 0 Å². The van der Waals surface area contributed by atoms with Gasteiger partial charge in [-0.25, -0.2) is 9.37 Å². The third-order valence-corrected chi connectivity index (χ3v) is 4.01. The van der Waals surface area contributed by atoms with Gasteiger partial charge in [0, 0.05) is 10.9 Å². The highest BCUT2D eigenvalue weighted by Crippen LogP contribution is 2.23.